The summed E-state index contributed by atoms with van der Waals surface area (Å²) in [5.74, 6) is -1.32. The lowest BCUT2D eigenvalue weighted by molar-refractivity contribution is -0.146. The van der Waals surface area contributed by atoms with Crippen LogP contribution in [0.1, 0.15) is 30.9 Å². The fourth-order valence-corrected chi connectivity index (χ4v) is 3.74. The SMILES string of the molecule is COC(=O)C(Cc1ccc(C)cc1)NC(=O)C(C)C(OC)C1CCCN1C=O. The number of rotatable bonds is 9. The van der Waals surface area contributed by atoms with E-state index in [1.165, 1.54) is 7.11 Å². The van der Waals surface area contributed by atoms with Gasteiger partial charge in [0.1, 0.15) is 6.04 Å². The number of methoxy groups -OCH3 is 2. The smallest absolute Gasteiger partial charge is 0.328 e. The first kappa shape index (κ1) is 21.9. The molecule has 0 spiro atoms. The molecule has 0 saturated carbocycles. The minimum Gasteiger partial charge on any atom is -0.467 e. The van der Waals surface area contributed by atoms with Crippen LogP contribution in [-0.2, 0) is 30.3 Å². The number of hydrogen-bond donors (Lipinski definition) is 1. The van der Waals surface area contributed by atoms with Crippen LogP contribution in [-0.4, -0.2) is 62.1 Å². The number of benzene rings is 1. The molecule has 2 rings (SSSR count). The molecule has 0 aliphatic carbocycles. The highest BCUT2D eigenvalue weighted by atomic mass is 16.5. The summed E-state index contributed by atoms with van der Waals surface area (Å²) in [6.45, 7) is 4.41. The molecule has 1 saturated heterocycles. The first-order valence-electron chi connectivity index (χ1n) is 9.58. The van der Waals surface area contributed by atoms with Crippen LogP contribution in [0.2, 0.25) is 0 Å². The van der Waals surface area contributed by atoms with Crippen molar-refractivity contribution in [3.8, 4) is 0 Å². The summed E-state index contributed by atoms with van der Waals surface area (Å²) in [5.41, 5.74) is 2.05. The van der Waals surface area contributed by atoms with Gasteiger partial charge in [-0.1, -0.05) is 36.8 Å². The second-order valence-corrected chi connectivity index (χ2v) is 7.32. The van der Waals surface area contributed by atoms with Crippen molar-refractivity contribution < 1.29 is 23.9 Å². The molecule has 154 valence electrons. The molecule has 4 unspecified atom stereocenters. The lowest BCUT2D eigenvalue weighted by atomic mass is 9.94. The summed E-state index contributed by atoms with van der Waals surface area (Å²) >= 11 is 0. The van der Waals surface area contributed by atoms with Gasteiger partial charge < -0.3 is 19.7 Å². The van der Waals surface area contributed by atoms with E-state index < -0.39 is 24.0 Å². The van der Waals surface area contributed by atoms with Crippen molar-refractivity contribution in [3.63, 3.8) is 0 Å². The maximum absolute atomic E-state index is 12.9. The molecule has 7 nitrogen and oxygen atoms in total. The minimum absolute atomic E-state index is 0.142. The molecule has 1 aromatic rings. The van der Waals surface area contributed by atoms with Crippen molar-refractivity contribution in [2.75, 3.05) is 20.8 Å². The van der Waals surface area contributed by atoms with Crippen LogP contribution in [0, 0.1) is 12.8 Å². The van der Waals surface area contributed by atoms with Crippen molar-refractivity contribution in [2.45, 2.75) is 51.3 Å². The van der Waals surface area contributed by atoms with E-state index in [2.05, 4.69) is 5.32 Å². The largest absolute Gasteiger partial charge is 0.467 e. The Labute approximate surface area is 166 Å². The maximum Gasteiger partial charge on any atom is 0.328 e. The Hall–Kier alpha value is -2.41. The van der Waals surface area contributed by atoms with Gasteiger partial charge in [0.15, 0.2) is 0 Å². The quantitative estimate of drug-likeness (QED) is 0.510. The van der Waals surface area contributed by atoms with Crippen molar-refractivity contribution >= 4 is 18.3 Å². The molecule has 1 N–H and O–H groups in total. The van der Waals surface area contributed by atoms with E-state index in [1.807, 2.05) is 31.2 Å². The van der Waals surface area contributed by atoms with E-state index in [9.17, 15) is 14.4 Å². The van der Waals surface area contributed by atoms with Crippen LogP contribution in [0.5, 0.6) is 0 Å². The first-order valence-corrected chi connectivity index (χ1v) is 9.58. The Kier molecular flexibility index (Phi) is 7.99. The van der Waals surface area contributed by atoms with E-state index in [1.54, 1.807) is 18.9 Å². The Bertz CT molecular complexity index is 676. The second-order valence-electron chi connectivity index (χ2n) is 7.32. The zero-order valence-corrected chi connectivity index (χ0v) is 17.0. The van der Waals surface area contributed by atoms with Crippen molar-refractivity contribution in [1.29, 1.82) is 0 Å². The Morgan fingerprint density at radius 1 is 1.29 bits per heavy atom. The second kappa shape index (κ2) is 10.2. The van der Waals surface area contributed by atoms with Gasteiger partial charge in [0.25, 0.3) is 0 Å². The van der Waals surface area contributed by atoms with Gasteiger partial charge in [-0.15, -0.1) is 0 Å². The van der Waals surface area contributed by atoms with Crippen LogP contribution < -0.4 is 5.32 Å². The number of nitrogens with zero attached hydrogens (tertiary/aromatic N) is 1. The van der Waals surface area contributed by atoms with Crippen molar-refractivity contribution in [2.24, 2.45) is 5.92 Å². The number of carbonyl (C=O) groups is 3. The normalized spacial score (nSPS) is 19.6. The molecule has 1 aliphatic rings. The van der Waals surface area contributed by atoms with Gasteiger partial charge in [-0.2, -0.15) is 0 Å². The molecule has 1 heterocycles. The van der Waals surface area contributed by atoms with E-state index in [0.29, 0.717) is 13.0 Å². The van der Waals surface area contributed by atoms with Crippen LogP contribution >= 0.6 is 0 Å². The summed E-state index contributed by atoms with van der Waals surface area (Å²) in [6.07, 6.45) is 2.38. The number of aryl methyl sites for hydroxylation is 1. The third kappa shape index (κ3) is 5.32. The predicted octanol–water partition coefficient (Wildman–Crippen LogP) is 1.47. The molecular formula is C21H30N2O5. The lowest BCUT2D eigenvalue weighted by Gasteiger charge is -2.32. The van der Waals surface area contributed by atoms with Gasteiger partial charge in [-0.3, -0.25) is 9.59 Å². The molecule has 1 aromatic carbocycles. The standard InChI is InChI=1S/C21H30N2O5/c1-14-7-9-16(10-8-14)12-17(21(26)28-4)22-20(25)15(2)19(27-3)18-6-5-11-23(18)13-24/h7-10,13,15,17-19H,5-6,11-12H2,1-4H3,(H,22,25). The summed E-state index contributed by atoms with van der Waals surface area (Å²) < 4.78 is 10.4. The minimum atomic E-state index is -0.786. The Balaban J connectivity index is 2.09. The monoisotopic (exact) mass is 390 g/mol. The molecular weight excluding hydrogens is 360 g/mol. The number of likely N-dealkylation sites (tertiary alicyclic amines) is 1. The van der Waals surface area contributed by atoms with Crippen molar-refractivity contribution in [3.05, 3.63) is 35.4 Å². The van der Waals surface area contributed by atoms with E-state index >= 15 is 0 Å². The van der Waals surface area contributed by atoms with Gasteiger partial charge in [0.05, 0.1) is 25.2 Å². The molecule has 1 fully saturated rings. The van der Waals surface area contributed by atoms with Gasteiger partial charge in [-0.05, 0) is 25.3 Å². The summed E-state index contributed by atoms with van der Waals surface area (Å²) in [7, 11) is 2.85. The zero-order chi connectivity index (χ0) is 20.7. The van der Waals surface area contributed by atoms with Gasteiger partial charge in [0, 0.05) is 20.1 Å². The fraction of sp³-hybridized carbons (Fsp3) is 0.571. The Morgan fingerprint density at radius 3 is 2.54 bits per heavy atom. The molecule has 2 amide bonds. The van der Waals surface area contributed by atoms with E-state index in [0.717, 1.165) is 30.4 Å². The third-order valence-electron chi connectivity index (χ3n) is 5.40. The number of esters is 1. The molecule has 1 aliphatic heterocycles. The lowest BCUT2D eigenvalue weighted by Crippen LogP contribution is -2.51. The summed E-state index contributed by atoms with van der Waals surface area (Å²) in [4.78, 5) is 38.0. The van der Waals surface area contributed by atoms with Crippen molar-refractivity contribution in [1.82, 2.24) is 10.2 Å². The molecule has 7 heteroatoms. The highest BCUT2D eigenvalue weighted by Gasteiger charge is 2.38. The molecule has 28 heavy (non-hydrogen) atoms. The molecule has 0 aromatic heterocycles. The van der Waals surface area contributed by atoms with Gasteiger partial charge >= 0.3 is 5.97 Å². The topological polar surface area (TPSA) is 84.9 Å². The third-order valence-corrected chi connectivity index (χ3v) is 5.40. The summed E-state index contributed by atoms with van der Waals surface area (Å²) in [6, 6.07) is 6.85. The number of carbonyl (C=O) groups excluding carboxylic acids is 3. The first-order chi connectivity index (χ1) is 13.4. The van der Waals surface area contributed by atoms with Crippen LogP contribution in [0.25, 0.3) is 0 Å². The maximum atomic E-state index is 12.9. The van der Waals surface area contributed by atoms with Crippen LogP contribution in [0.15, 0.2) is 24.3 Å². The van der Waals surface area contributed by atoms with Gasteiger partial charge in [-0.25, -0.2) is 4.79 Å². The fourth-order valence-electron chi connectivity index (χ4n) is 3.74. The van der Waals surface area contributed by atoms with Gasteiger partial charge in [0.2, 0.25) is 12.3 Å². The van der Waals surface area contributed by atoms with E-state index in [4.69, 9.17) is 9.47 Å². The molecule has 4 atom stereocenters. The number of nitrogens with one attached hydrogen (secondary N) is 1. The highest BCUT2D eigenvalue weighted by molar-refractivity contribution is 5.86. The average Bonchev–Trinajstić information content (AvgIpc) is 3.17. The zero-order valence-electron chi connectivity index (χ0n) is 17.0. The number of amides is 2. The van der Waals surface area contributed by atoms with Crippen LogP contribution in [0.3, 0.4) is 0 Å². The average molecular weight is 390 g/mol. The predicted molar refractivity (Wildman–Crippen MR) is 105 cm³/mol. The number of hydrogen-bond acceptors (Lipinski definition) is 5. The molecule has 0 bridgehead atoms. The Morgan fingerprint density at radius 2 is 1.96 bits per heavy atom. The summed E-state index contributed by atoms with van der Waals surface area (Å²) in [5, 5.41) is 2.80. The van der Waals surface area contributed by atoms with E-state index in [-0.39, 0.29) is 11.9 Å². The highest BCUT2D eigenvalue weighted by Crippen LogP contribution is 2.25. The van der Waals surface area contributed by atoms with Crippen LogP contribution in [0.4, 0.5) is 0 Å². The molecule has 0 radical (unpaired) electrons. The number of ether oxygens (including phenoxy) is 2.